The summed E-state index contributed by atoms with van der Waals surface area (Å²) >= 11 is 6.25. The molecular weight excluding hydrogens is 352 g/mol. The molecule has 6 heteroatoms. The molecular formula is C20H27ClN2O3. The highest BCUT2D eigenvalue weighted by atomic mass is 35.5. The van der Waals surface area contributed by atoms with E-state index in [-0.39, 0.29) is 23.7 Å². The maximum absolute atomic E-state index is 12.8. The first-order valence-electron chi connectivity index (χ1n) is 9.41. The van der Waals surface area contributed by atoms with E-state index in [4.69, 9.17) is 16.3 Å². The highest BCUT2D eigenvalue weighted by Crippen LogP contribution is 2.26. The first kappa shape index (κ1) is 19.2. The average Bonchev–Trinajstić information content (AvgIpc) is 2.69. The summed E-state index contributed by atoms with van der Waals surface area (Å²) in [6.07, 6.45) is 3.20. The second kappa shape index (κ2) is 8.87. The molecule has 0 unspecified atom stereocenters. The van der Waals surface area contributed by atoms with Gasteiger partial charge in [-0.2, -0.15) is 0 Å². The van der Waals surface area contributed by atoms with Crippen molar-refractivity contribution in [1.29, 1.82) is 0 Å². The fourth-order valence-corrected chi connectivity index (χ4v) is 4.16. The summed E-state index contributed by atoms with van der Waals surface area (Å²) in [7, 11) is 1.43. The second-order valence-electron chi connectivity index (χ2n) is 7.26. The van der Waals surface area contributed by atoms with E-state index in [9.17, 15) is 9.59 Å². The summed E-state index contributed by atoms with van der Waals surface area (Å²) in [5.74, 6) is 0.157. The van der Waals surface area contributed by atoms with Crippen molar-refractivity contribution in [2.75, 3.05) is 33.3 Å². The van der Waals surface area contributed by atoms with Crippen molar-refractivity contribution in [3.63, 3.8) is 0 Å². The summed E-state index contributed by atoms with van der Waals surface area (Å²) in [6, 6.07) is 7.94. The van der Waals surface area contributed by atoms with Crippen LogP contribution in [0.4, 0.5) is 0 Å². The lowest BCUT2D eigenvalue weighted by Crippen LogP contribution is -2.46. The molecule has 0 N–H and O–H groups in total. The predicted molar refractivity (Wildman–Crippen MR) is 101 cm³/mol. The Morgan fingerprint density at radius 2 is 1.65 bits per heavy atom. The van der Waals surface area contributed by atoms with Crippen molar-refractivity contribution in [3.8, 4) is 0 Å². The van der Waals surface area contributed by atoms with Crippen LogP contribution < -0.4 is 0 Å². The maximum atomic E-state index is 12.8. The van der Waals surface area contributed by atoms with Crippen molar-refractivity contribution < 1.29 is 14.3 Å². The lowest BCUT2D eigenvalue weighted by atomic mass is 9.92. The predicted octanol–water partition coefficient (Wildman–Crippen LogP) is 2.96. The van der Waals surface area contributed by atoms with Gasteiger partial charge in [0.25, 0.3) is 0 Å². The average molecular weight is 379 g/mol. The minimum atomic E-state index is -0.148. The molecule has 0 bridgehead atoms. The van der Waals surface area contributed by atoms with E-state index in [0.29, 0.717) is 25.9 Å². The molecule has 2 heterocycles. The number of nitrogens with zero attached hydrogens (tertiary/aromatic N) is 2. The number of hydrogen-bond acceptors (Lipinski definition) is 4. The standard InChI is InChI=1S/C20H27ClN2O3/c1-26-20(25)16-8-12-23(13-9-16)19(24)15-6-10-22(11-7-15)14-17-4-2-3-5-18(17)21/h2-5,15-16H,6-14H2,1H3. The molecule has 0 saturated carbocycles. The van der Waals surface area contributed by atoms with Crippen LogP contribution in [-0.4, -0.2) is 55.0 Å². The summed E-state index contributed by atoms with van der Waals surface area (Å²) in [5.41, 5.74) is 1.14. The molecule has 142 valence electrons. The summed E-state index contributed by atoms with van der Waals surface area (Å²) in [6.45, 7) is 4.00. The molecule has 0 aliphatic carbocycles. The van der Waals surface area contributed by atoms with Gasteiger partial charge in [-0.1, -0.05) is 29.8 Å². The van der Waals surface area contributed by atoms with Crippen LogP contribution in [0.25, 0.3) is 0 Å². The van der Waals surface area contributed by atoms with E-state index in [1.807, 2.05) is 23.1 Å². The minimum Gasteiger partial charge on any atom is -0.469 e. The highest BCUT2D eigenvalue weighted by molar-refractivity contribution is 6.31. The normalized spacial score (nSPS) is 20.2. The van der Waals surface area contributed by atoms with Crippen LogP contribution in [0, 0.1) is 11.8 Å². The molecule has 2 saturated heterocycles. The van der Waals surface area contributed by atoms with Crippen molar-refractivity contribution in [2.24, 2.45) is 11.8 Å². The third kappa shape index (κ3) is 4.57. The fraction of sp³-hybridized carbons (Fsp3) is 0.600. The van der Waals surface area contributed by atoms with Gasteiger partial charge < -0.3 is 9.64 Å². The number of likely N-dealkylation sites (tertiary alicyclic amines) is 2. The third-order valence-electron chi connectivity index (χ3n) is 5.63. The number of halogens is 1. The number of hydrogen-bond donors (Lipinski definition) is 0. The van der Waals surface area contributed by atoms with Crippen molar-refractivity contribution >= 4 is 23.5 Å². The van der Waals surface area contributed by atoms with Crippen LogP contribution in [-0.2, 0) is 20.9 Å². The van der Waals surface area contributed by atoms with Crippen molar-refractivity contribution in [3.05, 3.63) is 34.9 Å². The van der Waals surface area contributed by atoms with E-state index in [1.165, 1.54) is 7.11 Å². The number of carbonyl (C=O) groups is 2. The van der Waals surface area contributed by atoms with E-state index >= 15 is 0 Å². The molecule has 26 heavy (non-hydrogen) atoms. The van der Waals surface area contributed by atoms with E-state index in [0.717, 1.165) is 43.1 Å². The zero-order valence-electron chi connectivity index (χ0n) is 15.3. The van der Waals surface area contributed by atoms with Crippen LogP contribution in [0.3, 0.4) is 0 Å². The van der Waals surface area contributed by atoms with Crippen LogP contribution >= 0.6 is 11.6 Å². The van der Waals surface area contributed by atoms with Gasteiger partial charge in [-0.05, 0) is 50.4 Å². The Morgan fingerprint density at radius 3 is 2.27 bits per heavy atom. The van der Waals surface area contributed by atoms with Gasteiger partial charge >= 0.3 is 5.97 Å². The zero-order chi connectivity index (χ0) is 18.5. The van der Waals surface area contributed by atoms with Gasteiger partial charge in [0.1, 0.15) is 0 Å². The molecule has 0 radical (unpaired) electrons. The number of methoxy groups -OCH3 is 1. The van der Waals surface area contributed by atoms with Gasteiger partial charge in [0, 0.05) is 30.6 Å². The number of esters is 1. The van der Waals surface area contributed by atoms with Gasteiger partial charge in [-0.15, -0.1) is 0 Å². The summed E-state index contributed by atoms with van der Waals surface area (Å²) < 4.78 is 4.81. The first-order valence-corrected chi connectivity index (χ1v) is 9.78. The van der Waals surface area contributed by atoms with Crippen LogP contribution in [0.2, 0.25) is 5.02 Å². The summed E-state index contributed by atoms with van der Waals surface area (Å²) in [4.78, 5) is 28.7. The minimum absolute atomic E-state index is 0.0541. The van der Waals surface area contributed by atoms with Crippen LogP contribution in [0.15, 0.2) is 24.3 Å². The molecule has 0 spiro atoms. The molecule has 0 aromatic heterocycles. The fourth-order valence-electron chi connectivity index (χ4n) is 3.97. The largest absolute Gasteiger partial charge is 0.469 e. The molecule has 0 atom stereocenters. The number of ether oxygens (including phenoxy) is 1. The quantitative estimate of drug-likeness (QED) is 0.756. The van der Waals surface area contributed by atoms with Gasteiger partial charge in [-0.25, -0.2) is 0 Å². The topological polar surface area (TPSA) is 49.9 Å². The molecule has 2 aliphatic rings. The molecule has 2 fully saturated rings. The maximum Gasteiger partial charge on any atom is 0.308 e. The molecule has 5 nitrogen and oxygen atoms in total. The lowest BCUT2D eigenvalue weighted by molar-refractivity contribution is -0.150. The number of amides is 1. The molecule has 2 aliphatic heterocycles. The SMILES string of the molecule is COC(=O)C1CCN(C(=O)C2CCN(Cc3ccccc3Cl)CC2)CC1. The zero-order valence-corrected chi connectivity index (χ0v) is 16.1. The third-order valence-corrected chi connectivity index (χ3v) is 6.00. The van der Waals surface area contributed by atoms with E-state index in [1.54, 1.807) is 0 Å². The Balaban J connectivity index is 1.45. The van der Waals surface area contributed by atoms with E-state index < -0.39 is 0 Å². The Bertz CT molecular complexity index is 636. The monoisotopic (exact) mass is 378 g/mol. The number of rotatable bonds is 4. The number of carbonyl (C=O) groups excluding carboxylic acids is 2. The molecule has 3 rings (SSSR count). The van der Waals surface area contributed by atoms with Gasteiger partial charge in [0.15, 0.2) is 0 Å². The van der Waals surface area contributed by atoms with Gasteiger partial charge in [0.05, 0.1) is 13.0 Å². The number of benzene rings is 1. The smallest absolute Gasteiger partial charge is 0.308 e. The highest BCUT2D eigenvalue weighted by Gasteiger charge is 2.32. The van der Waals surface area contributed by atoms with Crippen molar-refractivity contribution in [2.45, 2.75) is 32.2 Å². The Labute approximate surface area is 160 Å². The summed E-state index contributed by atoms with van der Waals surface area (Å²) in [5, 5.41) is 0.805. The molecule has 1 aromatic carbocycles. The second-order valence-corrected chi connectivity index (χ2v) is 7.67. The van der Waals surface area contributed by atoms with E-state index in [2.05, 4.69) is 11.0 Å². The lowest BCUT2D eigenvalue weighted by Gasteiger charge is -2.36. The Morgan fingerprint density at radius 1 is 1.04 bits per heavy atom. The Kier molecular flexibility index (Phi) is 6.54. The van der Waals surface area contributed by atoms with Crippen LogP contribution in [0.5, 0.6) is 0 Å². The van der Waals surface area contributed by atoms with Gasteiger partial charge in [0.2, 0.25) is 5.91 Å². The first-order chi connectivity index (χ1) is 12.6. The van der Waals surface area contributed by atoms with Gasteiger partial charge in [-0.3, -0.25) is 14.5 Å². The molecule has 1 amide bonds. The Hall–Kier alpha value is -1.59. The molecule has 1 aromatic rings. The van der Waals surface area contributed by atoms with Crippen molar-refractivity contribution in [1.82, 2.24) is 9.80 Å². The number of piperidine rings is 2. The van der Waals surface area contributed by atoms with Crippen LogP contribution in [0.1, 0.15) is 31.2 Å².